The number of anilines is 1. The third-order valence-corrected chi connectivity index (χ3v) is 7.21. The summed E-state index contributed by atoms with van der Waals surface area (Å²) in [6, 6.07) is 27.5. The maximum absolute atomic E-state index is 12.8. The van der Waals surface area contributed by atoms with Gasteiger partial charge in [-0.3, -0.25) is 4.79 Å². The number of halogens is 4. The Morgan fingerprint density at radius 1 is 0.897 bits per heavy atom. The van der Waals surface area contributed by atoms with Gasteiger partial charge < -0.3 is 14.8 Å². The number of benzene rings is 4. The zero-order valence-electron chi connectivity index (χ0n) is 20.3. The van der Waals surface area contributed by atoms with Crippen molar-refractivity contribution in [1.82, 2.24) is 0 Å². The van der Waals surface area contributed by atoms with Crippen LogP contribution in [-0.4, -0.2) is 5.91 Å². The molecule has 196 valence electrons. The second-order valence-electron chi connectivity index (χ2n) is 8.26. The van der Waals surface area contributed by atoms with Crippen LogP contribution in [0.4, 0.5) is 5.69 Å². The summed E-state index contributed by atoms with van der Waals surface area (Å²) in [5.41, 5.74) is 2.95. The van der Waals surface area contributed by atoms with Gasteiger partial charge >= 0.3 is 0 Å². The van der Waals surface area contributed by atoms with Crippen LogP contribution in [0.5, 0.6) is 11.5 Å². The van der Waals surface area contributed by atoms with Crippen LogP contribution in [0.2, 0.25) is 10.0 Å². The average Bonchev–Trinajstić information content (AvgIpc) is 2.92. The van der Waals surface area contributed by atoms with Gasteiger partial charge in [0.05, 0.1) is 8.95 Å². The minimum absolute atomic E-state index is 0.0557. The zero-order chi connectivity index (χ0) is 27.8. The van der Waals surface area contributed by atoms with Gasteiger partial charge in [0, 0.05) is 21.3 Å². The molecule has 4 aromatic rings. The number of amides is 1. The first-order chi connectivity index (χ1) is 18.8. The molecule has 0 aromatic heterocycles. The van der Waals surface area contributed by atoms with Crippen molar-refractivity contribution >= 4 is 72.7 Å². The highest BCUT2D eigenvalue weighted by Gasteiger charge is 2.14. The fourth-order valence-electron chi connectivity index (χ4n) is 3.48. The molecule has 4 aromatic carbocycles. The minimum Gasteiger partial charge on any atom is -0.489 e. The highest BCUT2D eigenvalue weighted by Crippen LogP contribution is 2.36. The van der Waals surface area contributed by atoms with Crippen molar-refractivity contribution in [2.24, 2.45) is 0 Å². The number of hydrogen-bond donors (Lipinski definition) is 1. The first-order valence-corrected chi connectivity index (χ1v) is 13.9. The summed E-state index contributed by atoms with van der Waals surface area (Å²) in [4.78, 5) is 12.8. The second kappa shape index (κ2) is 13.7. The van der Waals surface area contributed by atoms with E-state index in [-0.39, 0.29) is 12.2 Å². The van der Waals surface area contributed by atoms with Gasteiger partial charge in [-0.2, -0.15) is 5.26 Å². The summed E-state index contributed by atoms with van der Waals surface area (Å²) in [5.74, 6) is 0.694. The quantitative estimate of drug-likeness (QED) is 0.141. The lowest BCUT2D eigenvalue weighted by Gasteiger charge is -2.13. The fourth-order valence-corrected chi connectivity index (χ4v) is 5.39. The Labute approximate surface area is 253 Å². The van der Waals surface area contributed by atoms with E-state index in [1.807, 2.05) is 36.4 Å². The van der Waals surface area contributed by atoms with Gasteiger partial charge in [0.25, 0.3) is 5.91 Å². The Kier molecular flexibility index (Phi) is 10.1. The molecular formula is C30H20Br2Cl2N2O3. The molecule has 0 aliphatic rings. The molecule has 0 heterocycles. The van der Waals surface area contributed by atoms with Gasteiger partial charge in [-0.05, 0) is 97.6 Å². The summed E-state index contributed by atoms with van der Waals surface area (Å²) in [5, 5.41) is 13.4. The molecule has 39 heavy (non-hydrogen) atoms. The lowest BCUT2D eigenvalue weighted by molar-refractivity contribution is -0.112. The number of ether oxygens (including phenoxy) is 2. The molecular weight excluding hydrogens is 667 g/mol. The maximum Gasteiger partial charge on any atom is 0.266 e. The number of carbonyl (C=O) groups excluding carboxylic acids is 1. The Hall–Kier alpha value is -3.28. The van der Waals surface area contributed by atoms with E-state index in [1.165, 1.54) is 6.08 Å². The predicted octanol–water partition coefficient (Wildman–Crippen LogP) is 9.22. The lowest BCUT2D eigenvalue weighted by atomic mass is 10.1. The van der Waals surface area contributed by atoms with Crippen LogP contribution in [0, 0.1) is 11.3 Å². The highest BCUT2D eigenvalue weighted by atomic mass is 79.9. The largest absolute Gasteiger partial charge is 0.489 e. The molecule has 0 aliphatic carbocycles. The van der Waals surface area contributed by atoms with Crippen LogP contribution in [0.1, 0.15) is 16.7 Å². The Balaban J connectivity index is 1.40. The number of carbonyl (C=O) groups is 1. The van der Waals surface area contributed by atoms with E-state index in [9.17, 15) is 10.1 Å². The van der Waals surface area contributed by atoms with Crippen molar-refractivity contribution in [3.05, 3.63) is 126 Å². The lowest BCUT2D eigenvalue weighted by Crippen LogP contribution is -2.13. The van der Waals surface area contributed by atoms with E-state index in [2.05, 4.69) is 37.2 Å². The molecule has 0 radical (unpaired) electrons. The van der Waals surface area contributed by atoms with E-state index < -0.39 is 5.91 Å². The normalized spacial score (nSPS) is 11.0. The Morgan fingerprint density at radius 2 is 1.59 bits per heavy atom. The van der Waals surface area contributed by atoms with E-state index in [1.54, 1.807) is 54.6 Å². The van der Waals surface area contributed by atoms with Crippen molar-refractivity contribution in [3.63, 3.8) is 0 Å². The fraction of sp³-hybridized carbons (Fsp3) is 0.0667. The van der Waals surface area contributed by atoms with Crippen LogP contribution in [0.15, 0.2) is 99.4 Å². The van der Waals surface area contributed by atoms with Gasteiger partial charge in [0.1, 0.15) is 36.4 Å². The standard InChI is InChI=1S/C30H20Br2Cl2N2O3/c31-26-13-20(14-27(32)29(26)39-18-21-6-7-23(33)15-28(21)34)12-22(16-35)30(37)36-24-8-10-25(11-9-24)38-17-19-4-2-1-3-5-19/h1-15H,17-18H2,(H,36,37)/b22-12+. The monoisotopic (exact) mass is 684 g/mol. The van der Waals surface area contributed by atoms with Crippen LogP contribution in [0.25, 0.3) is 6.08 Å². The van der Waals surface area contributed by atoms with Gasteiger partial charge in [0.2, 0.25) is 0 Å². The first kappa shape index (κ1) is 28.7. The van der Waals surface area contributed by atoms with Crippen molar-refractivity contribution in [3.8, 4) is 17.6 Å². The van der Waals surface area contributed by atoms with E-state index in [0.717, 1.165) is 11.1 Å². The molecule has 0 bridgehead atoms. The van der Waals surface area contributed by atoms with Gasteiger partial charge in [-0.25, -0.2) is 0 Å². The first-order valence-electron chi connectivity index (χ1n) is 11.6. The topological polar surface area (TPSA) is 71.3 Å². The van der Waals surface area contributed by atoms with Crippen LogP contribution in [0.3, 0.4) is 0 Å². The molecule has 5 nitrogen and oxygen atoms in total. The molecule has 1 N–H and O–H groups in total. The van der Waals surface area contributed by atoms with E-state index >= 15 is 0 Å². The molecule has 0 saturated heterocycles. The molecule has 9 heteroatoms. The third-order valence-electron chi connectivity index (χ3n) is 5.44. The van der Waals surface area contributed by atoms with E-state index in [0.29, 0.717) is 48.3 Å². The zero-order valence-corrected chi connectivity index (χ0v) is 24.9. The highest BCUT2D eigenvalue weighted by molar-refractivity contribution is 9.11. The van der Waals surface area contributed by atoms with Crippen molar-refractivity contribution in [2.75, 3.05) is 5.32 Å². The van der Waals surface area contributed by atoms with Crippen LogP contribution < -0.4 is 14.8 Å². The summed E-state index contributed by atoms with van der Waals surface area (Å²) in [6.45, 7) is 0.669. The van der Waals surface area contributed by atoms with Crippen molar-refractivity contribution < 1.29 is 14.3 Å². The number of nitrogens with one attached hydrogen (secondary N) is 1. The molecule has 0 fully saturated rings. The SMILES string of the molecule is N#C/C(=C\c1cc(Br)c(OCc2ccc(Cl)cc2Cl)c(Br)c1)C(=O)Nc1ccc(OCc2ccccc2)cc1. The van der Waals surface area contributed by atoms with Gasteiger partial charge in [-0.15, -0.1) is 0 Å². The second-order valence-corrected chi connectivity index (χ2v) is 10.8. The minimum atomic E-state index is -0.527. The molecule has 0 atom stereocenters. The van der Waals surface area contributed by atoms with Gasteiger partial charge in [0.15, 0.2) is 0 Å². The molecule has 1 amide bonds. The van der Waals surface area contributed by atoms with E-state index in [4.69, 9.17) is 32.7 Å². The Bertz CT molecular complexity index is 1530. The van der Waals surface area contributed by atoms with Gasteiger partial charge in [-0.1, -0.05) is 59.6 Å². The van der Waals surface area contributed by atoms with Crippen molar-refractivity contribution in [1.29, 1.82) is 5.26 Å². The Morgan fingerprint density at radius 3 is 2.23 bits per heavy atom. The molecule has 0 unspecified atom stereocenters. The smallest absolute Gasteiger partial charge is 0.266 e. The summed E-state index contributed by atoms with van der Waals surface area (Å²) >= 11 is 19.2. The molecule has 0 aliphatic heterocycles. The molecule has 4 rings (SSSR count). The molecule has 0 saturated carbocycles. The number of nitrogens with zero attached hydrogens (tertiary/aromatic N) is 1. The summed E-state index contributed by atoms with van der Waals surface area (Å²) in [7, 11) is 0. The van der Waals surface area contributed by atoms with Crippen LogP contribution >= 0.6 is 55.1 Å². The summed E-state index contributed by atoms with van der Waals surface area (Å²) < 4.78 is 13.0. The van der Waals surface area contributed by atoms with Crippen LogP contribution in [-0.2, 0) is 18.0 Å². The number of rotatable bonds is 9. The number of nitriles is 1. The molecule has 0 spiro atoms. The number of hydrogen-bond acceptors (Lipinski definition) is 4. The maximum atomic E-state index is 12.8. The predicted molar refractivity (Wildman–Crippen MR) is 162 cm³/mol. The average molecular weight is 687 g/mol. The summed E-state index contributed by atoms with van der Waals surface area (Å²) in [6.07, 6.45) is 1.50. The third kappa shape index (κ3) is 8.11. The van der Waals surface area contributed by atoms with Crippen molar-refractivity contribution in [2.45, 2.75) is 13.2 Å².